The summed E-state index contributed by atoms with van der Waals surface area (Å²) in [5, 5.41) is 9.38. The first-order valence-corrected chi connectivity index (χ1v) is 8.07. The molecule has 0 radical (unpaired) electrons. The molecule has 0 aromatic heterocycles. The molecule has 0 heterocycles. The Hall–Kier alpha value is -0.660. The van der Waals surface area contributed by atoms with Crippen LogP contribution in [0.15, 0.2) is 0 Å². The number of methoxy groups -OCH3 is 1. The zero-order valence-corrected chi connectivity index (χ0v) is 11.9. The van der Waals surface area contributed by atoms with Crippen LogP contribution in [0.5, 0.6) is 0 Å². The summed E-state index contributed by atoms with van der Waals surface area (Å²) >= 11 is 0. The molecule has 0 amide bonds. The Morgan fingerprint density at radius 1 is 1.32 bits per heavy atom. The first-order valence-electron chi connectivity index (χ1n) is 6.56. The predicted molar refractivity (Wildman–Crippen MR) is 68.9 cm³/mol. The van der Waals surface area contributed by atoms with Crippen molar-refractivity contribution in [2.24, 2.45) is 11.8 Å². The van der Waals surface area contributed by atoms with Crippen molar-refractivity contribution in [3.05, 3.63) is 0 Å². The van der Waals surface area contributed by atoms with Gasteiger partial charge in [-0.05, 0) is 12.3 Å². The molecular weight excluding hydrogens is 272 g/mol. The second kappa shape index (κ2) is 7.21. The number of aliphatic hydroxyl groups excluding tert-OH is 1. The molecule has 1 unspecified atom stereocenters. The fourth-order valence-corrected chi connectivity index (χ4v) is 3.12. The lowest BCUT2D eigenvalue weighted by Gasteiger charge is -2.25. The highest BCUT2D eigenvalue weighted by Crippen LogP contribution is 2.31. The van der Waals surface area contributed by atoms with E-state index in [1.165, 1.54) is 13.5 Å². The molecule has 19 heavy (non-hydrogen) atoms. The average molecular weight is 294 g/mol. The summed E-state index contributed by atoms with van der Waals surface area (Å²) in [4.78, 5) is 11.6. The molecule has 7 heteroatoms. The second-order valence-corrected chi connectivity index (χ2v) is 6.74. The number of hydrogen-bond donors (Lipinski definition) is 2. The van der Waals surface area contributed by atoms with Crippen molar-refractivity contribution in [3.8, 4) is 0 Å². The Kier molecular flexibility index (Phi) is 6.22. The molecule has 1 rings (SSSR count). The molecule has 0 aromatic carbocycles. The summed E-state index contributed by atoms with van der Waals surface area (Å²) < 4.78 is 35.1. The van der Waals surface area contributed by atoms with Gasteiger partial charge in [0, 0.05) is 6.42 Å². The van der Waals surface area contributed by atoms with E-state index in [0.717, 1.165) is 25.7 Å². The third-order valence-electron chi connectivity index (χ3n) is 3.71. The standard InChI is InChI=1S/C12H22O6S/c1-18-12(14)10(8-11(13)19(15,16)17)7-9-5-3-2-4-6-9/h9-11,13H,2-8H2,1H3,(H,15,16,17)/t10?,11-/m0/s1. The van der Waals surface area contributed by atoms with Crippen molar-refractivity contribution in [2.45, 2.75) is 50.4 Å². The molecule has 2 atom stereocenters. The minimum Gasteiger partial charge on any atom is -0.469 e. The van der Waals surface area contributed by atoms with Crippen LogP contribution in [-0.4, -0.2) is 36.6 Å². The van der Waals surface area contributed by atoms with Gasteiger partial charge in [-0.2, -0.15) is 8.42 Å². The first-order chi connectivity index (χ1) is 8.84. The molecule has 1 aliphatic rings. The monoisotopic (exact) mass is 294 g/mol. The molecular formula is C12H22O6S. The predicted octanol–water partition coefficient (Wildman–Crippen LogP) is 1.34. The molecule has 0 saturated heterocycles. The molecule has 0 aliphatic heterocycles. The Bertz CT molecular complexity index is 385. The van der Waals surface area contributed by atoms with E-state index in [0.29, 0.717) is 12.3 Å². The van der Waals surface area contributed by atoms with Gasteiger partial charge in [0.1, 0.15) is 0 Å². The van der Waals surface area contributed by atoms with Crippen LogP contribution in [0.4, 0.5) is 0 Å². The van der Waals surface area contributed by atoms with Crippen molar-refractivity contribution in [1.29, 1.82) is 0 Å². The summed E-state index contributed by atoms with van der Waals surface area (Å²) in [7, 11) is -3.30. The molecule has 2 N–H and O–H groups in total. The van der Waals surface area contributed by atoms with Crippen LogP contribution < -0.4 is 0 Å². The second-order valence-electron chi connectivity index (χ2n) is 5.17. The molecule has 1 aliphatic carbocycles. The van der Waals surface area contributed by atoms with Gasteiger partial charge in [0.25, 0.3) is 10.1 Å². The number of carbonyl (C=O) groups excluding carboxylic acids is 1. The fourth-order valence-electron chi connectivity index (χ4n) is 2.65. The number of carbonyl (C=O) groups is 1. The Labute approximate surface area is 113 Å². The molecule has 1 fully saturated rings. The lowest BCUT2D eigenvalue weighted by molar-refractivity contribution is -0.147. The van der Waals surface area contributed by atoms with Gasteiger partial charge in [0.15, 0.2) is 5.44 Å². The summed E-state index contributed by atoms with van der Waals surface area (Å²) in [5.41, 5.74) is -1.93. The van der Waals surface area contributed by atoms with Gasteiger partial charge >= 0.3 is 5.97 Å². The van der Waals surface area contributed by atoms with Crippen molar-refractivity contribution in [1.82, 2.24) is 0 Å². The van der Waals surface area contributed by atoms with E-state index in [1.807, 2.05) is 0 Å². The SMILES string of the molecule is COC(=O)C(CC1CCCCC1)C[C@@H](O)S(=O)(=O)O. The third-order valence-corrected chi connectivity index (χ3v) is 4.59. The van der Waals surface area contributed by atoms with Crippen LogP contribution in [0.2, 0.25) is 0 Å². The maximum absolute atomic E-state index is 11.6. The molecule has 6 nitrogen and oxygen atoms in total. The minimum absolute atomic E-state index is 0.317. The summed E-state index contributed by atoms with van der Waals surface area (Å²) in [5.74, 6) is -0.871. The van der Waals surface area contributed by atoms with E-state index in [1.54, 1.807) is 0 Å². The van der Waals surface area contributed by atoms with E-state index in [4.69, 9.17) is 4.55 Å². The van der Waals surface area contributed by atoms with Gasteiger partial charge < -0.3 is 9.84 Å². The van der Waals surface area contributed by atoms with E-state index < -0.39 is 27.4 Å². The zero-order valence-electron chi connectivity index (χ0n) is 11.1. The van der Waals surface area contributed by atoms with Crippen LogP contribution in [0, 0.1) is 11.8 Å². The van der Waals surface area contributed by atoms with Crippen LogP contribution in [0.3, 0.4) is 0 Å². The Balaban J connectivity index is 2.63. The number of rotatable bonds is 6. The van der Waals surface area contributed by atoms with Crippen LogP contribution in [0.25, 0.3) is 0 Å². The molecule has 0 spiro atoms. The van der Waals surface area contributed by atoms with Crippen molar-refractivity contribution in [2.75, 3.05) is 7.11 Å². The van der Waals surface area contributed by atoms with Gasteiger partial charge in [-0.15, -0.1) is 0 Å². The largest absolute Gasteiger partial charge is 0.469 e. The van der Waals surface area contributed by atoms with Gasteiger partial charge in [-0.3, -0.25) is 9.35 Å². The lowest BCUT2D eigenvalue weighted by Crippen LogP contribution is -2.29. The quantitative estimate of drug-likeness (QED) is 0.566. The number of hydrogen-bond acceptors (Lipinski definition) is 5. The maximum Gasteiger partial charge on any atom is 0.308 e. The Morgan fingerprint density at radius 3 is 2.37 bits per heavy atom. The maximum atomic E-state index is 11.6. The summed E-state index contributed by atoms with van der Waals surface area (Å²) in [6.07, 6.45) is 5.61. The highest BCUT2D eigenvalue weighted by atomic mass is 32.2. The first kappa shape index (κ1) is 16.4. The fraction of sp³-hybridized carbons (Fsp3) is 0.917. The molecule has 112 valence electrons. The average Bonchev–Trinajstić information content (AvgIpc) is 2.37. The number of aliphatic hydroxyl groups is 1. The third kappa shape index (κ3) is 5.46. The van der Waals surface area contributed by atoms with Gasteiger partial charge in [0.2, 0.25) is 0 Å². The lowest BCUT2D eigenvalue weighted by atomic mass is 9.82. The zero-order chi connectivity index (χ0) is 14.5. The van der Waals surface area contributed by atoms with Crippen molar-refractivity contribution < 1.29 is 27.6 Å². The van der Waals surface area contributed by atoms with E-state index in [9.17, 15) is 18.3 Å². The summed E-state index contributed by atoms with van der Waals surface area (Å²) in [6, 6.07) is 0. The Morgan fingerprint density at radius 2 is 1.89 bits per heavy atom. The highest BCUT2D eigenvalue weighted by Gasteiger charge is 2.31. The van der Waals surface area contributed by atoms with E-state index in [-0.39, 0.29) is 6.42 Å². The van der Waals surface area contributed by atoms with E-state index >= 15 is 0 Å². The topological polar surface area (TPSA) is 101 Å². The van der Waals surface area contributed by atoms with Crippen molar-refractivity contribution >= 4 is 16.1 Å². The van der Waals surface area contributed by atoms with Gasteiger partial charge in [0.05, 0.1) is 13.0 Å². The summed E-state index contributed by atoms with van der Waals surface area (Å²) in [6.45, 7) is 0. The molecule has 1 saturated carbocycles. The normalized spacial score (nSPS) is 20.8. The van der Waals surface area contributed by atoms with Crippen molar-refractivity contribution in [3.63, 3.8) is 0 Å². The van der Waals surface area contributed by atoms with Gasteiger partial charge in [-0.25, -0.2) is 0 Å². The number of ether oxygens (including phenoxy) is 1. The highest BCUT2D eigenvalue weighted by molar-refractivity contribution is 7.86. The smallest absolute Gasteiger partial charge is 0.308 e. The van der Waals surface area contributed by atoms with E-state index in [2.05, 4.69) is 4.74 Å². The van der Waals surface area contributed by atoms with Crippen LogP contribution in [0.1, 0.15) is 44.9 Å². The number of esters is 1. The molecule has 0 bridgehead atoms. The minimum atomic E-state index is -4.53. The van der Waals surface area contributed by atoms with Crippen LogP contribution in [-0.2, 0) is 19.6 Å². The molecule has 0 aromatic rings. The van der Waals surface area contributed by atoms with Gasteiger partial charge in [-0.1, -0.05) is 32.1 Å². The van der Waals surface area contributed by atoms with Crippen LogP contribution >= 0.6 is 0 Å².